The molecule has 0 aliphatic carbocycles. The molecule has 21 heavy (non-hydrogen) atoms. The molecule has 0 radical (unpaired) electrons. The first-order valence-corrected chi connectivity index (χ1v) is 7.01. The molecule has 0 saturated carbocycles. The Labute approximate surface area is 123 Å². The topological polar surface area (TPSA) is 44.1 Å². The molecule has 0 amide bonds. The van der Waals surface area contributed by atoms with Gasteiger partial charge in [-0.15, -0.1) is 0 Å². The minimum Gasteiger partial charge on any atom is -0.494 e. The van der Waals surface area contributed by atoms with Crippen LogP contribution < -0.4 is 4.74 Å². The molecular weight excluding hydrogens is 271 g/mol. The first-order valence-electron chi connectivity index (χ1n) is 7.01. The molecule has 0 fully saturated rings. The fraction of sp³-hybridized carbons (Fsp3) is 0.375. The predicted molar refractivity (Wildman–Crippen MR) is 78.3 cm³/mol. The van der Waals surface area contributed by atoms with E-state index in [4.69, 9.17) is 4.74 Å². The fourth-order valence-corrected chi connectivity index (χ4v) is 2.20. The minimum absolute atomic E-state index is 0.0782. The summed E-state index contributed by atoms with van der Waals surface area (Å²) in [4.78, 5) is 12.3. The van der Waals surface area contributed by atoms with E-state index in [1.807, 2.05) is 24.6 Å². The van der Waals surface area contributed by atoms with Crippen molar-refractivity contribution in [2.75, 3.05) is 7.11 Å². The average molecular weight is 290 g/mol. The van der Waals surface area contributed by atoms with Crippen LogP contribution in [0.1, 0.15) is 35.6 Å². The molecule has 5 heteroatoms. The SMILES string of the molecule is CCc1cc(CC(=O)c2ccc(F)c(OC)c2)n(CC)n1. The molecule has 0 spiro atoms. The maximum absolute atomic E-state index is 13.4. The molecule has 4 nitrogen and oxygen atoms in total. The van der Waals surface area contributed by atoms with Crippen molar-refractivity contribution in [1.29, 1.82) is 0 Å². The lowest BCUT2D eigenvalue weighted by Crippen LogP contribution is -2.10. The van der Waals surface area contributed by atoms with E-state index in [-0.39, 0.29) is 18.0 Å². The Morgan fingerprint density at radius 3 is 2.71 bits per heavy atom. The van der Waals surface area contributed by atoms with E-state index in [9.17, 15) is 9.18 Å². The molecule has 0 aliphatic heterocycles. The lowest BCUT2D eigenvalue weighted by atomic mass is 10.1. The lowest BCUT2D eigenvalue weighted by Gasteiger charge is -2.06. The van der Waals surface area contributed by atoms with E-state index >= 15 is 0 Å². The Morgan fingerprint density at radius 2 is 2.10 bits per heavy atom. The van der Waals surface area contributed by atoms with Crippen molar-refractivity contribution >= 4 is 5.78 Å². The van der Waals surface area contributed by atoms with Crippen LogP contribution in [0.4, 0.5) is 4.39 Å². The molecule has 0 bridgehead atoms. The molecule has 0 N–H and O–H groups in total. The molecule has 1 aromatic carbocycles. The number of Topliss-reactive ketones (excluding diaryl/α,β-unsaturated/α-hetero) is 1. The summed E-state index contributed by atoms with van der Waals surface area (Å²) in [6, 6.07) is 6.11. The number of aromatic nitrogens is 2. The van der Waals surface area contributed by atoms with Crippen LogP contribution in [-0.2, 0) is 19.4 Å². The van der Waals surface area contributed by atoms with Crippen molar-refractivity contribution in [2.24, 2.45) is 0 Å². The molecule has 1 aromatic heterocycles. The molecule has 2 aromatic rings. The van der Waals surface area contributed by atoms with E-state index < -0.39 is 5.82 Å². The van der Waals surface area contributed by atoms with Gasteiger partial charge in [-0.1, -0.05) is 6.92 Å². The van der Waals surface area contributed by atoms with Gasteiger partial charge in [0.25, 0.3) is 0 Å². The maximum atomic E-state index is 13.4. The van der Waals surface area contributed by atoms with Gasteiger partial charge in [0.05, 0.1) is 19.2 Å². The van der Waals surface area contributed by atoms with Crippen LogP contribution >= 0.6 is 0 Å². The van der Waals surface area contributed by atoms with Gasteiger partial charge >= 0.3 is 0 Å². The summed E-state index contributed by atoms with van der Waals surface area (Å²) in [5.41, 5.74) is 2.29. The number of rotatable bonds is 6. The summed E-state index contributed by atoms with van der Waals surface area (Å²) < 4.78 is 20.1. The zero-order chi connectivity index (χ0) is 15.4. The summed E-state index contributed by atoms with van der Waals surface area (Å²) in [5, 5.41) is 4.42. The normalized spacial score (nSPS) is 10.7. The van der Waals surface area contributed by atoms with E-state index in [0.717, 1.165) is 24.4 Å². The van der Waals surface area contributed by atoms with Crippen molar-refractivity contribution in [3.8, 4) is 5.75 Å². The second-order valence-electron chi connectivity index (χ2n) is 4.75. The molecule has 112 valence electrons. The highest BCUT2D eigenvalue weighted by Crippen LogP contribution is 2.19. The van der Waals surface area contributed by atoms with Crippen LogP contribution in [0.25, 0.3) is 0 Å². The zero-order valence-electron chi connectivity index (χ0n) is 12.5. The number of hydrogen-bond acceptors (Lipinski definition) is 3. The third kappa shape index (κ3) is 3.29. The van der Waals surface area contributed by atoms with E-state index in [1.54, 1.807) is 0 Å². The number of ether oxygens (including phenoxy) is 1. The molecule has 0 atom stereocenters. The first kappa shape index (κ1) is 15.2. The van der Waals surface area contributed by atoms with Crippen LogP contribution in [0.5, 0.6) is 5.75 Å². The Hall–Kier alpha value is -2.17. The van der Waals surface area contributed by atoms with Gasteiger partial charge in [-0.2, -0.15) is 5.10 Å². The average Bonchev–Trinajstić information content (AvgIpc) is 2.89. The Bertz CT molecular complexity index is 650. The van der Waals surface area contributed by atoms with Crippen molar-refractivity contribution in [1.82, 2.24) is 9.78 Å². The lowest BCUT2D eigenvalue weighted by molar-refractivity contribution is 0.0990. The smallest absolute Gasteiger partial charge is 0.168 e. The van der Waals surface area contributed by atoms with Gasteiger partial charge in [0.2, 0.25) is 0 Å². The van der Waals surface area contributed by atoms with Crippen LogP contribution in [0, 0.1) is 5.82 Å². The van der Waals surface area contributed by atoms with Gasteiger partial charge in [0.1, 0.15) is 0 Å². The summed E-state index contributed by atoms with van der Waals surface area (Å²) >= 11 is 0. The van der Waals surface area contributed by atoms with E-state index in [1.165, 1.54) is 25.3 Å². The quantitative estimate of drug-likeness (QED) is 0.768. The number of nitrogens with zero attached hydrogens (tertiary/aromatic N) is 2. The highest BCUT2D eigenvalue weighted by molar-refractivity contribution is 5.97. The summed E-state index contributed by atoms with van der Waals surface area (Å²) in [6.45, 7) is 4.73. The number of hydrogen-bond donors (Lipinski definition) is 0. The van der Waals surface area contributed by atoms with E-state index in [0.29, 0.717) is 5.56 Å². The highest BCUT2D eigenvalue weighted by Gasteiger charge is 2.14. The van der Waals surface area contributed by atoms with Crippen molar-refractivity contribution < 1.29 is 13.9 Å². The summed E-state index contributed by atoms with van der Waals surface area (Å²) in [5.74, 6) is -0.467. The van der Waals surface area contributed by atoms with Gasteiger partial charge in [-0.25, -0.2) is 4.39 Å². The van der Waals surface area contributed by atoms with Gasteiger partial charge in [0.15, 0.2) is 17.3 Å². The van der Waals surface area contributed by atoms with Crippen LogP contribution in [0.15, 0.2) is 24.3 Å². The standard InChI is InChI=1S/C16H19FN2O2/c1-4-12-9-13(19(5-2)18-12)10-15(20)11-6-7-14(17)16(8-11)21-3/h6-9H,4-5,10H2,1-3H3. The second kappa shape index (κ2) is 6.52. The molecule has 0 saturated heterocycles. The number of carbonyl (C=O) groups excluding carboxylic acids is 1. The fourth-order valence-electron chi connectivity index (χ4n) is 2.20. The molecular formula is C16H19FN2O2. The first-order chi connectivity index (χ1) is 10.1. The van der Waals surface area contributed by atoms with Gasteiger partial charge < -0.3 is 4.74 Å². The van der Waals surface area contributed by atoms with Crippen LogP contribution in [-0.4, -0.2) is 22.7 Å². The van der Waals surface area contributed by atoms with Crippen LogP contribution in [0.2, 0.25) is 0 Å². The summed E-state index contributed by atoms with van der Waals surface area (Å²) in [7, 11) is 1.38. The number of aryl methyl sites for hydroxylation is 2. The third-order valence-corrected chi connectivity index (χ3v) is 3.39. The van der Waals surface area contributed by atoms with Crippen molar-refractivity contribution in [2.45, 2.75) is 33.2 Å². The summed E-state index contributed by atoms with van der Waals surface area (Å²) in [6.07, 6.45) is 1.08. The van der Waals surface area contributed by atoms with Crippen LogP contribution in [0.3, 0.4) is 0 Å². The predicted octanol–water partition coefficient (Wildman–Crippen LogP) is 3.04. The maximum Gasteiger partial charge on any atom is 0.168 e. The number of ketones is 1. The number of benzene rings is 1. The number of carbonyl (C=O) groups is 1. The highest BCUT2D eigenvalue weighted by atomic mass is 19.1. The molecule has 0 unspecified atom stereocenters. The Morgan fingerprint density at radius 1 is 1.33 bits per heavy atom. The van der Waals surface area contributed by atoms with Crippen molar-refractivity contribution in [3.63, 3.8) is 0 Å². The Balaban J connectivity index is 2.23. The monoisotopic (exact) mass is 290 g/mol. The van der Waals surface area contributed by atoms with Gasteiger partial charge in [-0.3, -0.25) is 9.48 Å². The number of methoxy groups -OCH3 is 1. The minimum atomic E-state index is -0.471. The van der Waals surface area contributed by atoms with Crippen molar-refractivity contribution in [3.05, 3.63) is 47.0 Å². The van der Waals surface area contributed by atoms with Gasteiger partial charge in [0, 0.05) is 17.8 Å². The molecule has 2 rings (SSSR count). The zero-order valence-corrected chi connectivity index (χ0v) is 12.5. The third-order valence-electron chi connectivity index (χ3n) is 3.39. The molecule has 1 heterocycles. The Kier molecular flexibility index (Phi) is 4.73. The van der Waals surface area contributed by atoms with Gasteiger partial charge in [-0.05, 0) is 37.6 Å². The molecule has 0 aliphatic rings. The largest absolute Gasteiger partial charge is 0.494 e. The van der Waals surface area contributed by atoms with E-state index in [2.05, 4.69) is 5.10 Å². The number of halogens is 1. The second-order valence-corrected chi connectivity index (χ2v) is 4.75.